The monoisotopic (exact) mass is 187 g/mol. The minimum atomic E-state index is -0.628. The van der Waals surface area contributed by atoms with Crippen molar-refractivity contribution in [2.24, 2.45) is 0 Å². The molecule has 0 aromatic carbocycles. The van der Waals surface area contributed by atoms with Gasteiger partial charge in [0.15, 0.2) is 0 Å². The molecule has 1 heterocycles. The molecule has 0 spiro atoms. The molecule has 0 aliphatic heterocycles. The van der Waals surface area contributed by atoms with Gasteiger partial charge in [-0.1, -0.05) is 11.6 Å². The summed E-state index contributed by atoms with van der Waals surface area (Å²) in [7, 11) is 1.25. The normalized spacial score (nSPS) is 9.17. The van der Waals surface area contributed by atoms with Gasteiger partial charge in [-0.15, -0.1) is 0 Å². The fraction of sp³-hybridized carbons (Fsp3) is 0.167. The molecule has 64 valence electrons. The zero-order valence-corrected chi connectivity index (χ0v) is 7.00. The van der Waals surface area contributed by atoms with Crippen molar-refractivity contribution in [2.75, 3.05) is 12.4 Å². The average Bonchev–Trinajstić information content (AvgIpc) is 2.04. The van der Waals surface area contributed by atoms with E-state index in [-0.39, 0.29) is 11.1 Å². The van der Waals surface area contributed by atoms with Gasteiger partial charge in [0.1, 0.15) is 5.15 Å². The first-order valence-corrected chi connectivity index (χ1v) is 3.43. The summed E-state index contributed by atoms with van der Waals surface area (Å²) in [6, 6.07) is 1.50. The summed E-state index contributed by atoms with van der Waals surface area (Å²) in [4.78, 5) is 18.1. The highest BCUT2D eigenvalue weighted by Gasteiger charge is 2.02. The molecule has 0 unspecified atom stereocenters. The fourth-order valence-electron chi connectivity index (χ4n) is 0.539. The van der Waals surface area contributed by atoms with E-state index in [1.165, 1.54) is 19.4 Å². The third kappa shape index (κ3) is 2.35. The Kier molecular flexibility index (Phi) is 2.82. The fourth-order valence-corrected chi connectivity index (χ4v) is 0.676. The Morgan fingerprint density at radius 2 is 2.50 bits per heavy atom. The maximum Gasteiger partial charge on any atom is 0.413 e. The van der Waals surface area contributed by atoms with E-state index < -0.39 is 6.09 Å². The number of halogens is 1. The Hall–Kier alpha value is -1.36. The number of hydrogen-bond acceptors (Lipinski definition) is 4. The molecule has 1 N–H and O–H groups in total. The molecule has 0 radical (unpaired) electrons. The van der Waals surface area contributed by atoms with Crippen LogP contribution in [0.25, 0.3) is 0 Å². The van der Waals surface area contributed by atoms with Crippen molar-refractivity contribution in [3.05, 3.63) is 17.4 Å². The van der Waals surface area contributed by atoms with Crippen molar-refractivity contribution in [3.8, 4) is 0 Å². The van der Waals surface area contributed by atoms with Gasteiger partial charge in [-0.2, -0.15) is 0 Å². The SMILES string of the molecule is COC(=O)Nc1nccc(Cl)n1. The Morgan fingerprint density at radius 3 is 3.08 bits per heavy atom. The van der Waals surface area contributed by atoms with Crippen molar-refractivity contribution in [1.29, 1.82) is 0 Å². The molecule has 0 saturated carbocycles. The van der Waals surface area contributed by atoms with Crippen LogP contribution in [-0.2, 0) is 4.74 Å². The number of nitrogens with zero attached hydrogens (tertiary/aromatic N) is 2. The maximum absolute atomic E-state index is 10.6. The van der Waals surface area contributed by atoms with Crippen molar-refractivity contribution >= 4 is 23.6 Å². The highest BCUT2D eigenvalue weighted by molar-refractivity contribution is 6.29. The summed E-state index contributed by atoms with van der Waals surface area (Å²) in [5, 5.41) is 2.53. The first kappa shape index (κ1) is 8.73. The lowest BCUT2D eigenvalue weighted by atomic mass is 10.7. The molecule has 0 aliphatic rings. The van der Waals surface area contributed by atoms with Crippen LogP contribution in [0.2, 0.25) is 5.15 Å². The van der Waals surface area contributed by atoms with E-state index in [4.69, 9.17) is 11.6 Å². The lowest BCUT2D eigenvalue weighted by molar-refractivity contribution is 0.186. The molecule has 1 aromatic rings. The van der Waals surface area contributed by atoms with Gasteiger partial charge in [-0.05, 0) is 6.07 Å². The number of aromatic nitrogens is 2. The van der Waals surface area contributed by atoms with Crippen LogP contribution >= 0.6 is 11.6 Å². The number of carbonyl (C=O) groups is 1. The number of ether oxygens (including phenoxy) is 1. The van der Waals surface area contributed by atoms with Crippen LogP contribution in [0.1, 0.15) is 0 Å². The lowest BCUT2D eigenvalue weighted by Gasteiger charge is -2.00. The molecule has 0 saturated heterocycles. The summed E-state index contributed by atoms with van der Waals surface area (Å²) < 4.78 is 4.32. The first-order valence-electron chi connectivity index (χ1n) is 3.06. The van der Waals surface area contributed by atoms with E-state index in [9.17, 15) is 4.79 Å². The van der Waals surface area contributed by atoms with Gasteiger partial charge in [0.25, 0.3) is 0 Å². The third-order valence-corrected chi connectivity index (χ3v) is 1.23. The number of anilines is 1. The van der Waals surface area contributed by atoms with E-state index in [0.29, 0.717) is 0 Å². The van der Waals surface area contributed by atoms with Gasteiger partial charge >= 0.3 is 6.09 Å². The minimum Gasteiger partial charge on any atom is -0.453 e. The molecule has 0 bridgehead atoms. The average molecular weight is 188 g/mol. The molecule has 5 nitrogen and oxygen atoms in total. The number of nitrogens with one attached hydrogen (secondary N) is 1. The Labute approximate surface area is 73.7 Å². The summed E-state index contributed by atoms with van der Waals surface area (Å²) in [6.45, 7) is 0. The largest absolute Gasteiger partial charge is 0.453 e. The molecule has 1 amide bonds. The van der Waals surface area contributed by atoms with Crippen molar-refractivity contribution in [2.45, 2.75) is 0 Å². The smallest absolute Gasteiger partial charge is 0.413 e. The number of hydrogen-bond donors (Lipinski definition) is 1. The van der Waals surface area contributed by atoms with Crippen LogP contribution in [0.15, 0.2) is 12.3 Å². The standard InChI is InChI=1S/C6H6ClN3O2/c1-12-6(11)10-5-8-3-2-4(7)9-5/h2-3H,1H3,(H,8,9,10,11). The lowest BCUT2D eigenvalue weighted by Crippen LogP contribution is -2.13. The van der Waals surface area contributed by atoms with Crippen LogP contribution in [0.4, 0.5) is 10.7 Å². The quantitative estimate of drug-likeness (QED) is 0.674. The Bertz CT molecular complexity index is 292. The summed E-state index contributed by atoms with van der Waals surface area (Å²) in [5.41, 5.74) is 0. The number of rotatable bonds is 1. The maximum atomic E-state index is 10.6. The van der Waals surface area contributed by atoms with Crippen LogP contribution in [0.3, 0.4) is 0 Å². The molecule has 12 heavy (non-hydrogen) atoms. The number of amides is 1. The second-order valence-corrected chi connectivity index (χ2v) is 2.21. The summed E-state index contributed by atoms with van der Waals surface area (Å²) in [6.07, 6.45) is 0.804. The van der Waals surface area contributed by atoms with Gasteiger partial charge < -0.3 is 4.74 Å². The Morgan fingerprint density at radius 1 is 1.75 bits per heavy atom. The summed E-state index contributed by atoms with van der Waals surface area (Å²) >= 11 is 5.53. The van der Waals surface area contributed by atoms with Gasteiger partial charge in [0.05, 0.1) is 7.11 Å². The van der Waals surface area contributed by atoms with Crippen molar-refractivity contribution in [1.82, 2.24) is 9.97 Å². The highest BCUT2D eigenvalue weighted by Crippen LogP contribution is 2.05. The zero-order valence-electron chi connectivity index (χ0n) is 6.24. The van der Waals surface area contributed by atoms with E-state index in [2.05, 4.69) is 20.0 Å². The second kappa shape index (κ2) is 3.87. The highest BCUT2D eigenvalue weighted by atomic mass is 35.5. The zero-order chi connectivity index (χ0) is 8.97. The van der Waals surface area contributed by atoms with Gasteiger partial charge in [-0.3, -0.25) is 5.32 Å². The minimum absolute atomic E-state index is 0.120. The summed E-state index contributed by atoms with van der Waals surface area (Å²) in [5.74, 6) is 0.120. The van der Waals surface area contributed by atoms with Gasteiger partial charge in [-0.25, -0.2) is 14.8 Å². The van der Waals surface area contributed by atoms with Crippen LogP contribution in [0.5, 0.6) is 0 Å². The predicted molar refractivity (Wildman–Crippen MR) is 43.1 cm³/mol. The topological polar surface area (TPSA) is 64.1 Å². The number of carbonyl (C=O) groups excluding carboxylic acids is 1. The molecule has 6 heteroatoms. The van der Waals surface area contributed by atoms with Crippen molar-refractivity contribution < 1.29 is 9.53 Å². The van der Waals surface area contributed by atoms with Gasteiger partial charge in [0, 0.05) is 6.20 Å². The van der Waals surface area contributed by atoms with E-state index in [1.54, 1.807) is 0 Å². The number of methoxy groups -OCH3 is 1. The van der Waals surface area contributed by atoms with E-state index in [0.717, 1.165) is 0 Å². The first-order chi connectivity index (χ1) is 5.72. The molecule has 0 aliphatic carbocycles. The molecular formula is C6H6ClN3O2. The third-order valence-electron chi connectivity index (χ3n) is 1.02. The molecule has 0 fully saturated rings. The Balaban J connectivity index is 2.69. The van der Waals surface area contributed by atoms with Crippen LogP contribution in [0, 0.1) is 0 Å². The molecule has 1 rings (SSSR count). The molecular weight excluding hydrogens is 182 g/mol. The van der Waals surface area contributed by atoms with E-state index in [1.807, 2.05) is 0 Å². The van der Waals surface area contributed by atoms with E-state index >= 15 is 0 Å². The van der Waals surface area contributed by atoms with Gasteiger partial charge in [0.2, 0.25) is 5.95 Å². The van der Waals surface area contributed by atoms with Crippen LogP contribution in [-0.4, -0.2) is 23.2 Å². The molecule has 1 aromatic heterocycles. The van der Waals surface area contributed by atoms with Crippen molar-refractivity contribution in [3.63, 3.8) is 0 Å². The molecule has 0 atom stereocenters. The predicted octanol–water partition coefficient (Wildman–Crippen LogP) is 1.31. The van der Waals surface area contributed by atoms with Crippen LogP contribution < -0.4 is 5.32 Å². The second-order valence-electron chi connectivity index (χ2n) is 1.82.